The molecule has 0 saturated carbocycles. The highest BCUT2D eigenvalue weighted by molar-refractivity contribution is 7.21. The van der Waals surface area contributed by atoms with Crippen LogP contribution in [0.2, 0.25) is 0 Å². The molecule has 0 fully saturated rings. The van der Waals surface area contributed by atoms with Gasteiger partial charge in [-0.15, -0.1) is 0 Å². The largest absolute Gasteiger partial charge is 0.456 e. The fourth-order valence-corrected chi connectivity index (χ4v) is 14.0. The fraction of sp³-hybridized carbons (Fsp3) is 0. The third-order valence-electron chi connectivity index (χ3n) is 11.0. The normalized spacial score (nSPS) is 13.5. The van der Waals surface area contributed by atoms with Gasteiger partial charge in [0.25, 0.3) is 0 Å². The van der Waals surface area contributed by atoms with Gasteiger partial charge in [-0.3, -0.25) is 0 Å². The van der Waals surface area contributed by atoms with Crippen molar-refractivity contribution in [2.45, 2.75) is 0 Å². The molecule has 0 saturated heterocycles. The number of furan rings is 1. The maximum Gasteiger partial charge on any atom is 0.184 e. The summed E-state index contributed by atoms with van der Waals surface area (Å²) in [6.45, 7) is 0. The van der Waals surface area contributed by atoms with Crippen molar-refractivity contribution in [2.75, 3.05) is 4.90 Å². The molecule has 2 aromatic heterocycles. The molecule has 8 aromatic carbocycles. The molecule has 3 heterocycles. The standard InChI is InChI=1S/C48H32N2OSi/c1-3-18-35(19-4-1)52(36-20-5-2-6-21-36)47-28-13-10-25-42(47)50(43-26-11-14-29-48(43)52)34-17-15-16-33(30-34)49-41-24-9-7-22-37(41)39-32-46-40(31-44(39)49)38-23-8-12-27-45(38)51-46/h1-32H. The summed E-state index contributed by atoms with van der Waals surface area (Å²) in [6.07, 6.45) is 0. The average molecular weight is 681 g/mol. The summed E-state index contributed by atoms with van der Waals surface area (Å²) in [5.41, 5.74) is 8.86. The number of fused-ring (bicyclic) bond motifs is 8. The van der Waals surface area contributed by atoms with Crippen molar-refractivity contribution in [1.29, 1.82) is 0 Å². The Hall–Kier alpha value is -6.62. The van der Waals surface area contributed by atoms with Gasteiger partial charge < -0.3 is 13.9 Å². The number of benzene rings is 8. The van der Waals surface area contributed by atoms with E-state index in [9.17, 15) is 0 Å². The molecule has 4 heteroatoms. The van der Waals surface area contributed by atoms with Gasteiger partial charge in [0.1, 0.15) is 11.2 Å². The summed E-state index contributed by atoms with van der Waals surface area (Å²) in [5.74, 6) is 0. The molecule has 10 aromatic rings. The Labute approximate surface area is 302 Å². The van der Waals surface area contributed by atoms with Crippen LogP contribution in [0.5, 0.6) is 0 Å². The van der Waals surface area contributed by atoms with Gasteiger partial charge >= 0.3 is 0 Å². The highest BCUT2D eigenvalue weighted by atomic mass is 28.3. The van der Waals surface area contributed by atoms with E-state index < -0.39 is 8.07 Å². The summed E-state index contributed by atoms with van der Waals surface area (Å²) >= 11 is 0. The lowest BCUT2D eigenvalue weighted by atomic mass is 10.1. The van der Waals surface area contributed by atoms with Crippen LogP contribution in [0, 0.1) is 0 Å². The quantitative estimate of drug-likeness (QED) is 0.173. The van der Waals surface area contributed by atoms with Crippen LogP contribution < -0.4 is 25.6 Å². The van der Waals surface area contributed by atoms with Gasteiger partial charge in [-0.05, 0) is 75.3 Å². The zero-order valence-corrected chi connectivity index (χ0v) is 29.3. The van der Waals surface area contributed by atoms with E-state index in [-0.39, 0.29) is 0 Å². The Balaban J connectivity index is 1.17. The molecule has 244 valence electrons. The molecule has 0 bridgehead atoms. The van der Waals surface area contributed by atoms with E-state index in [1.807, 2.05) is 6.07 Å². The van der Waals surface area contributed by atoms with Gasteiger partial charge in [-0.1, -0.05) is 140 Å². The first-order valence-electron chi connectivity index (χ1n) is 17.9. The fourth-order valence-electron chi connectivity index (χ4n) is 8.93. The lowest BCUT2D eigenvalue weighted by Gasteiger charge is -2.45. The van der Waals surface area contributed by atoms with Crippen LogP contribution in [0.3, 0.4) is 0 Å². The summed E-state index contributed by atoms with van der Waals surface area (Å²) < 4.78 is 8.78. The second-order valence-electron chi connectivity index (χ2n) is 13.7. The highest BCUT2D eigenvalue weighted by Gasteiger charge is 2.48. The second-order valence-corrected chi connectivity index (χ2v) is 17.4. The molecular formula is C48H32N2OSi. The van der Waals surface area contributed by atoms with Crippen LogP contribution in [-0.2, 0) is 0 Å². The molecule has 11 rings (SSSR count). The van der Waals surface area contributed by atoms with Crippen molar-refractivity contribution >= 4 is 89.6 Å². The minimum atomic E-state index is -2.69. The Morgan fingerprint density at radius 1 is 0.365 bits per heavy atom. The summed E-state index contributed by atoms with van der Waals surface area (Å²) in [4.78, 5) is 2.49. The zero-order chi connectivity index (χ0) is 34.2. The SMILES string of the molecule is c1ccc([Si]2(c3ccccc3)c3ccccc3N(c3cccc(-n4c5ccccc5c5cc6oc7ccccc7c6cc54)c3)c3ccccc32)cc1. The van der Waals surface area contributed by atoms with Crippen LogP contribution >= 0.6 is 0 Å². The topological polar surface area (TPSA) is 21.3 Å². The monoisotopic (exact) mass is 680 g/mol. The minimum Gasteiger partial charge on any atom is -0.456 e. The molecule has 3 nitrogen and oxygen atoms in total. The van der Waals surface area contributed by atoms with Crippen LogP contribution in [0.1, 0.15) is 0 Å². The smallest absolute Gasteiger partial charge is 0.184 e. The van der Waals surface area contributed by atoms with Crippen molar-refractivity contribution < 1.29 is 4.42 Å². The average Bonchev–Trinajstić information content (AvgIpc) is 3.74. The van der Waals surface area contributed by atoms with Crippen molar-refractivity contribution in [1.82, 2.24) is 4.57 Å². The second kappa shape index (κ2) is 11.2. The summed E-state index contributed by atoms with van der Waals surface area (Å²) in [5, 5.41) is 10.2. The van der Waals surface area contributed by atoms with Gasteiger partial charge in [0, 0.05) is 44.3 Å². The molecule has 0 N–H and O–H groups in total. The lowest BCUT2D eigenvalue weighted by Crippen LogP contribution is -2.77. The molecule has 0 unspecified atom stereocenters. The Morgan fingerprint density at radius 3 is 1.65 bits per heavy atom. The number of rotatable bonds is 4. The van der Waals surface area contributed by atoms with Crippen LogP contribution in [0.25, 0.3) is 49.4 Å². The maximum atomic E-state index is 6.36. The van der Waals surface area contributed by atoms with Crippen molar-refractivity contribution in [3.8, 4) is 5.69 Å². The summed E-state index contributed by atoms with van der Waals surface area (Å²) in [7, 11) is -2.69. The van der Waals surface area contributed by atoms with Gasteiger partial charge in [0.2, 0.25) is 0 Å². The molecule has 0 amide bonds. The van der Waals surface area contributed by atoms with Crippen LogP contribution in [0.15, 0.2) is 199 Å². The van der Waals surface area contributed by atoms with Gasteiger partial charge in [0.05, 0.1) is 11.0 Å². The van der Waals surface area contributed by atoms with E-state index in [1.54, 1.807) is 0 Å². The van der Waals surface area contributed by atoms with Crippen LogP contribution in [-0.4, -0.2) is 12.6 Å². The number of hydrogen-bond donors (Lipinski definition) is 0. The van der Waals surface area contributed by atoms with E-state index in [2.05, 4.69) is 198 Å². The van der Waals surface area contributed by atoms with Gasteiger partial charge in [0.15, 0.2) is 8.07 Å². The first-order chi connectivity index (χ1) is 25.8. The molecule has 1 aliphatic rings. The third kappa shape index (κ3) is 4.01. The van der Waals surface area contributed by atoms with Crippen LogP contribution in [0.4, 0.5) is 17.1 Å². The van der Waals surface area contributed by atoms with E-state index in [1.165, 1.54) is 48.4 Å². The van der Waals surface area contributed by atoms with Gasteiger partial charge in [-0.2, -0.15) is 0 Å². The zero-order valence-electron chi connectivity index (χ0n) is 28.3. The number of para-hydroxylation sites is 4. The number of aromatic nitrogens is 1. The van der Waals surface area contributed by atoms with Crippen molar-refractivity contribution in [2.24, 2.45) is 0 Å². The molecule has 0 atom stereocenters. The molecule has 1 aliphatic heterocycles. The molecule has 52 heavy (non-hydrogen) atoms. The third-order valence-corrected chi connectivity index (χ3v) is 15.9. The van der Waals surface area contributed by atoms with Crippen molar-refractivity contribution in [3.63, 3.8) is 0 Å². The molecule has 0 aliphatic carbocycles. The maximum absolute atomic E-state index is 6.36. The predicted molar refractivity (Wildman–Crippen MR) is 220 cm³/mol. The summed E-state index contributed by atoms with van der Waals surface area (Å²) in [6, 6.07) is 71.2. The molecule has 0 spiro atoms. The van der Waals surface area contributed by atoms with E-state index in [4.69, 9.17) is 4.42 Å². The molecular weight excluding hydrogens is 649 g/mol. The van der Waals surface area contributed by atoms with E-state index in [0.29, 0.717) is 0 Å². The van der Waals surface area contributed by atoms with Gasteiger partial charge in [-0.25, -0.2) is 0 Å². The first-order valence-corrected chi connectivity index (χ1v) is 19.9. The Bertz CT molecular complexity index is 2890. The molecule has 0 radical (unpaired) electrons. The Morgan fingerprint density at radius 2 is 0.942 bits per heavy atom. The number of nitrogens with zero attached hydrogens (tertiary/aromatic N) is 2. The number of hydrogen-bond acceptors (Lipinski definition) is 2. The van der Waals surface area contributed by atoms with E-state index in [0.717, 1.165) is 38.8 Å². The van der Waals surface area contributed by atoms with E-state index >= 15 is 0 Å². The lowest BCUT2D eigenvalue weighted by molar-refractivity contribution is 0.669. The first kappa shape index (κ1) is 29.1. The number of anilines is 3. The predicted octanol–water partition coefficient (Wildman–Crippen LogP) is 9.84. The minimum absolute atomic E-state index is 0.913. The highest BCUT2D eigenvalue weighted by Crippen LogP contribution is 2.41. The Kier molecular flexibility index (Phi) is 6.27. The van der Waals surface area contributed by atoms with Crippen molar-refractivity contribution in [3.05, 3.63) is 194 Å².